The summed E-state index contributed by atoms with van der Waals surface area (Å²) in [5, 5.41) is 11.5. The summed E-state index contributed by atoms with van der Waals surface area (Å²) in [6, 6.07) is 5.93. The van der Waals surface area contributed by atoms with Gasteiger partial charge < -0.3 is 10.6 Å². The summed E-state index contributed by atoms with van der Waals surface area (Å²) in [4.78, 5) is 12.7. The average molecular weight is 406 g/mol. The topological polar surface area (TPSA) is 101 Å². The fraction of sp³-hybridized carbons (Fsp3) is 0.667. The SMILES string of the molecule is C[C@@H](N[C@H](C)C12CC3CC(CC(C3)C1)C2)C(=O)Nc1ccc(S(N)(=O)=O)cc1. The lowest BCUT2D eigenvalue weighted by atomic mass is 9.48. The maximum absolute atomic E-state index is 12.6. The van der Waals surface area contributed by atoms with Gasteiger partial charge in [0.05, 0.1) is 10.9 Å². The molecule has 0 radical (unpaired) electrons. The Labute approximate surface area is 167 Å². The van der Waals surface area contributed by atoms with Crippen LogP contribution in [0.1, 0.15) is 52.4 Å². The van der Waals surface area contributed by atoms with Crippen molar-refractivity contribution in [3.63, 3.8) is 0 Å². The normalized spacial score (nSPS) is 33.5. The van der Waals surface area contributed by atoms with Gasteiger partial charge in [-0.3, -0.25) is 4.79 Å². The Kier molecular flexibility index (Phi) is 5.04. The van der Waals surface area contributed by atoms with Crippen LogP contribution in [-0.4, -0.2) is 26.4 Å². The van der Waals surface area contributed by atoms with Crippen LogP contribution in [0.5, 0.6) is 0 Å². The zero-order chi connectivity index (χ0) is 20.1. The molecule has 4 aliphatic carbocycles. The van der Waals surface area contributed by atoms with E-state index >= 15 is 0 Å². The summed E-state index contributed by atoms with van der Waals surface area (Å²) in [5.41, 5.74) is 0.911. The Bertz CT molecular complexity index is 815. The molecule has 0 saturated heterocycles. The number of rotatable bonds is 6. The quantitative estimate of drug-likeness (QED) is 0.677. The first-order valence-corrected chi connectivity index (χ1v) is 11.9. The molecule has 4 aliphatic rings. The molecule has 0 heterocycles. The maximum Gasteiger partial charge on any atom is 0.241 e. The highest BCUT2D eigenvalue weighted by Crippen LogP contribution is 2.61. The molecule has 6 nitrogen and oxygen atoms in total. The van der Waals surface area contributed by atoms with Gasteiger partial charge in [-0.25, -0.2) is 13.6 Å². The Morgan fingerprint density at radius 3 is 2.00 bits per heavy atom. The van der Waals surface area contributed by atoms with E-state index in [0.717, 1.165) is 17.8 Å². The first-order chi connectivity index (χ1) is 13.1. The Hall–Kier alpha value is -1.44. The molecule has 154 valence electrons. The number of hydrogen-bond acceptors (Lipinski definition) is 4. The van der Waals surface area contributed by atoms with Gasteiger partial charge in [-0.15, -0.1) is 0 Å². The number of nitrogens with two attached hydrogens (primary N) is 1. The molecular formula is C21H31N3O3S. The summed E-state index contributed by atoms with van der Waals surface area (Å²) < 4.78 is 22.7. The predicted octanol–water partition coefficient (Wildman–Crippen LogP) is 2.86. The molecule has 1 aromatic rings. The highest BCUT2D eigenvalue weighted by atomic mass is 32.2. The first-order valence-electron chi connectivity index (χ1n) is 10.3. The fourth-order valence-electron chi connectivity index (χ4n) is 6.31. The van der Waals surface area contributed by atoms with Gasteiger partial charge in [0, 0.05) is 11.7 Å². The molecule has 4 saturated carbocycles. The Morgan fingerprint density at radius 1 is 1.04 bits per heavy atom. The van der Waals surface area contributed by atoms with Gasteiger partial charge in [0.15, 0.2) is 0 Å². The Morgan fingerprint density at radius 2 is 1.54 bits per heavy atom. The molecule has 0 spiro atoms. The molecule has 4 fully saturated rings. The largest absolute Gasteiger partial charge is 0.325 e. The zero-order valence-corrected chi connectivity index (χ0v) is 17.5. The third-order valence-corrected chi connectivity index (χ3v) is 8.28. The summed E-state index contributed by atoms with van der Waals surface area (Å²) in [7, 11) is -3.73. The number of sulfonamides is 1. The van der Waals surface area contributed by atoms with Crippen molar-refractivity contribution in [2.45, 2.75) is 69.4 Å². The maximum atomic E-state index is 12.6. The van der Waals surface area contributed by atoms with Crippen LogP contribution in [0.25, 0.3) is 0 Å². The highest BCUT2D eigenvalue weighted by molar-refractivity contribution is 7.89. The average Bonchev–Trinajstić information content (AvgIpc) is 2.60. The second-order valence-corrected chi connectivity index (χ2v) is 11.0. The van der Waals surface area contributed by atoms with E-state index in [1.165, 1.54) is 50.7 Å². The molecule has 1 amide bonds. The van der Waals surface area contributed by atoms with Gasteiger partial charge in [0.2, 0.25) is 15.9 Å². The van der Waals surface area contributed by atoms with Crippen molar-refractivity contribution in [2.24, 2.45) is 28.3 Å². The number of benzene rings is 1. The molecule has 4 bridgehead atoms. The number of amides is 1. The van der Waals surface area contributed by atoms with E-state index in [2.05, 4.69) is 17.6 Å². The molecule has 28 heavy (non-hydrogen) atoms. The van der Waals surface area contributed by atoms with E-state index in [4.69, 9.17) is 5.14 Å². The van der Waals surface area contributed by atoms with E-state index in [0.29, 0.717) is 17.1 Å². The van der Waals surface area contributed by atoms with Crippen LogP contribution in [0.2, 0.25) is 0 Å². The van der Waals surface area contributed by atoms with Crippen LogP contribution in [0.3, 0.4) is 0 Å². The molecule has 0 unspecified atom stereocenters. The smallest absolute Gasteiger partial charge is 0.241 e. The lowest BCUT2D eigenvalue weighted by Gasteiger charge is -2.59. The third kappa shape index (κ3) is 3.84. The molecular weight excluding hydrogens is 374 g/mol. The zero-order valence-electron chi connectivity index (χ0n) is 16.6. The molecule has 4 N–H and O–H groups in total. The first kappa shape index (κ1) is 19.9. The van der Waals surface area contributed by atoms with Crippen molar-refractivity contribution in [1.82, 2.24) is 5.32 Å². The van der Waals surface area contributed by atoms with Crippen molar-refractivity contribution >= 4 is 21.6 Å². The fourth-order valence-corrected chi connectivity index (χ4v) is 6.83. The molecule has 7 heteroatoms. The molecule has 1 aromatic carbocycles. The van der Waals surface area contributed by atoms with Crippen LogP contribution >= 0.6 is 0 Å². The minimum Gasteiger partial charge on any atom is -0.325 e. The van der Waals surface area contributed by atoms with Crippen molar-refractivity contribution in [2.75, 3.05) is 5.32 Å². The number of anilines is 1. The van der Waals surface area contributed by atoms with Crippen LogP contribution < -0.4 is 15.8 Å². The van der Waals surface area contributed by atoms with Gasteiger partial charge in [-0.05, 0) is 99.8 Å². The van der Waals surface area contributed by atoms with Gasteiger partial charge in [-0.2, -0.15) is 0 Å². The van der Waals surface area contributed by atoms with Gasteiger partial charge in [0.1, 0.15) is 0 Å². The second-order valence-electron chi connectivity index (χ2n) is 9.45. The minimum atomic E-state index is -3.73. The number of primary sulfonamides is 1. The molecule has 0 aromatic heterocycles. The second kappa shape index (κ2) is 7.11. The van der Waals surface area contributed by atoms with Crippen molar-refractivity contribution in [3.8, 4) is 0 Å². The highest BCUT2D eigenvalue weighted by Gasteiger charge is 2.53. The van der Waals surface area contributed by atoms with E-state index in [1.54, 1.807) is 12.1 Å². The van der Waals surface area contributed by atoms with Gasteiger partial charge >= 0.3 is 0 Å². The number of hydrogen-bond donors (Lipinski definition) is 3. The van der Waals surface area contributed by atoms with E-state index < -0.39 is 10.0 Å². The summed E-state index contributed by atoms with van der Waals surface area (Å²) in [6.45, 7) is 4.14. The van der Waals surface area contributed by atoms with Crippen LogP contribution in [0.15, 0.2) is 29.2 Å². The van der Waals surface area contributed by atoms with Crippen LogP contribution in [0, 0.1) is 23.2 Å². The van der Waals surface area contributed by atoms with E-state index in [9.17, 15) is 13.2 Å². The third-order valence-electron chi connectivity index (χ3n) is 7.35. The summed E-state index contributed by atoms with van der Waals surface area (Å²) >= 11 is 0. The number of nitrogens with one attached hydrogen (secondary N) is 2. The van der Waals surface area contributed by atoms with Crippen LogP contribution in [0.4, 0.5) is 5.69 Å². The van der Waals surface area contributed by atoms with E-state index in [-0.39, 0.29) is 16.8 Å². The predicted molar refractivity (Wildman–Crippen MR) is 109 cm³/mol. The van der Waals surface area contributed by atoms with Crippen molar-refractivity contribution in [1.29, 1.82) is 0 Å². The number of carbonyl (C=O) groups excluding carboxylic acids is 1. The van der Waals surface area contributed by atoms with E-state index in [1.807, 2.05) is 6.92 Å². The molecule has 2 atom stereocenters. The minimum absolute atomic E-state index is 0.0344. The van der Waals surface area contributed by atoms with Crippen molar-refractivity contribution < 1.29 is 13.2 Å². The van der Waals surface area contributed by atoms with Crippen molar-refractivity contribution in [3.05, 3.63) is 24.3 Å². The van der Waals surface area contributed by atoms with Gasteiger partial charge in [-0.1, -0.05) is 0 Å². The van der Waals surface area contributed by atoms with Crippen LogP contribution in [-0.2, 0) is 14.8 Å². The summed E-state index contributed by atoms with van der Waals surface area (Å²) in [5.74, 6) is 2.55. The standard InChI is InChI=1S/C21H31N3O3S/c1-13(20(25)24-18-3-5-19(6-4-18)28(22,26)27)23-14(2)21-10-15-7-16(11-21)9-17(8-15)12-21/h3-6,13-17,23H,7-12H2,1-2H3,(H,24,25)(H2,22,26,27)/t13-,14-,15?,16?,17?,21?/m1/s1. The van der Waals surface area contributed by atoms with Gasteiger partial charge in [0.25, 0.3) is 0 Å². The summed E-state index contributed by atoms with van der Waals surface area (Å²) in [6.07, 6.45) is 8.15. The lowest BCUT2D eigenvalue weighted by molar-refractivity contribution is -0.119. The monoisotopic (exact) mass is 405 g/mol. The molecule has 5 rings (SSSR count). The number of carbonyl (C=O) groups is 1. The lowest BCUT2D eigenvalue weighted by Crippen LogP contribution is -2.57. The molecule has 0 aliphatic heterocycles. The Balaban J connectivity index is 1.37.